The van der Waals surface area contributed by atoms with Crippen molar-refractivity contribution in [1.82, 2.24) is 35.1 Å². The predicted molar refractivity (Wildman–Crippen MR) is 251 cm³/mol. The molecule has 1 atom stereocenters. The molecular weight excluding hydrogens is 877 g/mol. The van der Waals surface area contributed by atoms with Gasteiger partial charge in [0.1, 0.15) is 22.9 Å². The van der Waals surface area contributed by atoms with Gasteiger partial charge in [0, 0.05) is 98.1 Å². The van der Waals surface area contributed by atoms with E-state index in [0.29, 0.717) is 65.3 Å². The van der Waals surface area contributed by atoms with Crippen molar-refractivity contribution in [3.63, 3.8) is 0 Å². The number of aromatic nitrogens is 4. The monoisotopic (exact) mass is 929 g/mol. The summed E-state index contributed by atoms with van der Waals surface area (Å²) in [5.74, 6) is -1.41. The molecule has 4 amide bonds. The van der Waals surface area contributed by atoms with E-state index in [2.05, 4.69) is 32.3 Å². The zero-order valence-corrected chi connectivity index (χ0v) is 38.1. The van der Waals surface area contributed by atoms with Crippen molar-refractivity contribution in [3.05, 3.63) is 112 Å². The molecule has 0 radical (unpaired) electrons. The Kier molecular flexibility index (Phi) is 11.7. The minimum Gasteiger partial charge on any atom is -0.495 e. The summed E-state index contributed by atoms with van der Waals surface area (Å²) in [4.78, 5) is 70.4. The number of aromatic amines is 1. The second-order valence-corrected chi connectivity index (χ2v) is 18.7. The van der Waals surface area contributed by atoms with Crippen molar-refractivity contribution < 1.29 is 37.7 Å². The molecule has 1 unspecified atom stereocenters. The number of methoxy groups -OCH3 is 1. The van der Waals surface area contributed by atoms with E-state index in [1.807, 2.05) is 24.3 Å². The molecule has 68 heavy (non-hydrogen) atoms. The van der Waals surface area contributed by atoms with Crippen LogP contribution >= 0.6 is 0 Å². The number of ether oxygens (including phenoxy) is 2. The van der Waals surface area contributed by atoms with Crippen molar-refractivity contribution in [2.24, 2.45) is 7.05 Å². The normalized spacial score (nSPS) is 19.0. The highest BCUT2D eigenvalue weighted by molar-refractivity contribution is 6.07. The molecule has 6 aromatic rings. The molecule has 3 aromatic carbocycles. The number of pyridine rings is 1. The smallest absolute Gasteiger partial charge is 0.328 e. The molecular formula is C50H53F2N9O7. The quantitative estimate of drug-likeness (QED) is 0.115. The number of aryl methyl sites for hydroxylation is 1. The Labute approximate surface area is 390 Å². The average Bonchev–Trinajstić information content (AvgIpc) is 4.01. The number of aliphatic hydroxyl groups excluding tert-OH is 1. The molecule has 3 aliphatic heterocycles. The van der Waals surface area contributed by atoms with E-state index in [4.69, 9.17) is 19.4 Å². The number of piperidine rings is 2. The molecule has 4 aliphatic rings. The fourth-order valence-electron chi connectivity index (χ4n) is 10.1. The van der Waals surface area contributed by atoms with Crippen LogP contribution in [0.2, 0.25) is 0 Å². The van der Waals surface area contributed by atoms with E-state index in [0.717, 1.165) is 61.4 Å². The molecule has 3 saturated heterocycles. The predicted octanol–water partition coefficient (Wildman–Crippen LogP) is 5.88. The topological polar surface area (TPSA) is 187 Å². The Balaban J connectivity index is 0.892. The van der Waals surface area contributed by atoms with Gasteiger partial charge < -0.3 is 39.2 Å². The molecule has 18 heteroatoms. The van der Waals surface area contributed by atoms with E-state index in [-0.39, 0.29) is 53.7 Å². The second kappa shape index (κ2) is 17.7. The van der Waals surface area contributed by atoms with E-state index < -0.39 is 35.4 Å². The summed E-state index contributed by atoms with van der Waals surface area (Å²) in [6, 6.07) is 15.3. The number of hydrogen-bond acceptors (Lipinski definition) is 11. The van der Waals surface area contributed by atoms with Crippen LogP contribution in [0.4, 0.5) is 25.2 Å². The lowest BCUT2D eigenvalue weighted by atomic mass is 9.87. The summed E-state index contributed by atoms with van der Waals surface area (Å²) in [5, 5.41) is 18.3. The second-order valence-electron chi connectivity index (χ2n) is 18.7. The van der Waals surface area contributed by atoms with Crippen LogP contribution in [0.5, 0.6) is 5.75 Å². The van der Waals surface area contributed by atoms with E-state index in [1.165, 1.54) is 28.7 Å². The van der Waals surface area contributed by atoms with Crippen molar-refractivity contribution in [2.75, 3.05) is 56.2 Å². The van der Waals surface area contributed by atoms with Crippen LogP contribution in [0.25, 0.3) is 32.9 Å². The minimum absolute atomic E-state index is 0.0989. The number of likely N-dealkylation sites (tertiary alicyclic amines) is 1. The number of urea groups is 1. The lowest BCUT2D eigenvalue weighted by Crippen LogP contribution is -2.56. The Morgan fingerprint density at radius 2 is 1.68 bits per heavy atom. The van der Waals surface area contributed by atoms with Crippen molar-refractivity contribution in [3.8, 4) is 16.9 Å². The van der Waals surface area contributed by atoms with Gasteiger partial charge in [-0.25, -0.2) is 23.5 Å². The first-order valence-electron chi connectivity index (χ1n) is 23.1. The van der Waals surface area contributed by atoms with Gasteiger partial charge in [-0.2, -0.15) is 0 Å². The maximum absolute atomic E-state index is 15.1. The Bertz CT molecular complexity index is 3010. The van der Waals surface area contributed by atoms with Crippen LogP contribution in [0.15, 0.2) is 77.9 Å². The molecule has 1 saturated carbocycles. The summed E-state index contributed by atoms with van der Waals surface area (Å²) < 4.78 is 43.9. The van der Waals surface area contributed by atoms with E-state index >= 15 is 8.78 Å². The van der Waals surface area contributed by atoms with Gasteiger partial charge in [0.2, 0.25) is 11.9 Å². The molecule has 1 aliphatic carbocycles. The van der Waals surface area contributed by atoms with Gasteiger partial charge in [-0.1, -0.05) is 6.07 Å². The average molecular weight is 930 g/mol. The van der Waals surface area contributed by atoms with E-state index in [1.54, 1.807) is 37.6 Å². The Morgan fingerprint density at radius 3 is 2.37 bits per heavy atom. The highest BCUT2D eigenvalue weighted by Crippen LogP contribution is 2.44. The first-order chi connectivity index (χ1) is 32.7. The largest absolute Gasteiger partial charge is 0.495 e. The lowest BCUT2D eigenvalue weighted by Gasteiger charge is -2.45. The molecule has 3 aromatic heterocycles. The SMILES string of the molecule is COc1ccc(C(=O)NC2(C)CCN(C3CCN(c4nc(C(CO)(OC5CC5)c5cc(F)cc(F)c5)c5cc(-c6cn(C)c(=O)c7[nH]ccc67)ccc5n4)CC3)CC2)cc1N1CCC(=O)NC1=O. The maximum atomic E-state index is 15.1. The summed E-state index contributed by atoms with van der Waals surface area (Å²) in [6.45, 7) is 4.35. The number of benzene rings is 3. The van der Waals surface area contributed by atoms with Crippen LogP contribution in [0, 0.1) is 11.6 Å². The number of amides is 4. The van der Waals surface area contributed by atoms with Crippen molar-refractivity contribution >= 4 is 51.3 Å². The van der Waals surface area contributed by atoms with Crippen molar-refractivity contribution in [1.29, 1.82) is 0 Å². The fourth-order valence-corrected chi connectivity index (χ4v) is 10.1. The number of carbonyl (C=O) groups excluding carboxylic acids is 3. The summed E-state index contributed by atoms with van der Waals surface area (Å²) >= 11 is 0. The first-order valence-corrected chi connectivity index (χ1v) is 23.1. The lowest BCUT2D eigenvalue weighted by molar-refractivity contribution is -0.120. The number of H-pyrrole nitrogens is 1. The number of imide groups is 1. The van der Waals surface area contributed by atoms with Crippen LogP contribution in [-0.2, 0) is 22.2 Å². The van der Waals surface area contributed by atoms with Gasteiger partial charge in [-0.05, 0) is 105 Å². The number of nitrogens with one attached hydrogen (secondary N) is 3. The molecule has 4 N–H and O–H groups in total. The highest BCUT2D eigenvalue weighted by atomic mass is 19.1. The van der Waals surface area contributed by atoms with Gasteiger partial charge in [-0.15, -0.1) is 0 Å². The molecule has 4 fully saturated rings. The Morgan fingerprint density at radius 1 is 0.926 bits per heavy atom. The van der Waals surface area contributed by atoms with Crippen molar-refractivity contribution in [2.45, 2.75) is 75.2 Å². The summed E-state index contributed by atoms with van der Waals surface area (Å²) in [6.07, 6.45) is 7.85. The number of aliphatic hydroxyl groups is 1. The van der Waals surface area contributed by atoms with Gasteiger partial charge in [0.15, 0.2) is 5.60 Å². The first kappa shape index (κ1) is 45.0. The number of carbonyl (C=O) groups is 3. The number of halogens is 2. The number of rotatable bonds is 12. The summed E-state index contributed by atoms with van der Waals surface area (Å²) in [5.41, 5.74) is 1.30. The highest BCUT2D eigenvalue weighted by Gasteiger charge is 2.45. The van der Waals surface area contributed by atoms with E-state index in [9.17, 15) is 24.3 Å². The molecule has 10 rings (SSSR count). The molecule has 0 bridgehead atoms. The third kappa shape index (κ3) is 8.45. The van der Waals surface area contributed by atoms with Gasteiger partial charge in [0.25, 0.3) is 11.5 Å². The van der Waals surface area contributed by atoms with Gasteiger partial charge in [-0.3, -0.25) is 24.6 Å². The summed E-state index contributed by atoms with van der Waals surface area (Å²) in [7, 11) is 3.17. The van der Waals surface area contributed by atoms with Crippen LogP contribution < -0.4 is 30.7 Å². The fraction of sp³-hybridized carbons (Fsp3) is 0.400. The van der Waals surface area contributed by atoms with Gasteiger partial charge in [0.05, 0.1) is 36.7 Å². The standard InChI is InChI=1S/C50H53F2N9O7/c1-49(57-45(64)30-5-9-41(67-3)40(23-30)61-19-13-42(63)55-48(61)66)14-20-59(21-15-49)34-11-17-60(18-12-34)47-54-39-8-4-29(38-27-58(2)46(65)43-36(38)10-16-53-43)22-37(39)44(56-47)50(28-62,68-35-6-7-35)31-24-32(51)26-33(52)25-31/h4-5,8-10,16,22-27,34-35,53,62H,6-7,11-15,17-21,28H2,1-3H3,(H,57,64)(H,55,63,66). The third-order valence-electron chi connectivity index (χ3n) is 14.1. The van der Waals surface area contributed by atoms with Crippen LogP contribution in [0.3, 0.4) is 0 Å². The van der Waals surface area contributed by atoms with Crippen LogP contribution in [-0.4, -0.2) is 111 Å². The van der Waals surface area contributed by atoms with Gasteiger partial charge >= 0.3 is 6.03 Å². The third-order valence-corrected chi connectivity index (χ3v) is 14.1. The molecule has 0 spiro atoms. The maximum Gasteiger partial charge on any atom is 0.328 e. The number of hydrogen-bond donors (Lipinski definition) is 4. The zero-order valence-electron chi connectivity index (χ0n) is 38.1. The number of fused-ring (bicyclic) bond motifs is 2. The molecule has 6 heterocycles. The number of nitrogens with zero attached hydrogens (tertiary/aromatic N) is 6. The molecule has 354 valence electrons. The zero-order chi connectivity index (χ0) is 47.5. The minimum atomic E-state index is -1.75. The molecule has 16 nitrogen and oxygen atoms in total. The van der Waals surface area contributed by atoms with Crippen LogP contribution in [0.1, 0.15) is 73.5 Å². The Hall–Kier alpha value is -6.76. The number of anilines is 2.